The Morgan fingerprint density at radius 2 is 1.59 bits per heavy atom. The van der Waals surface area contributed by atoms with Gasteiger partial charge in [0.1, 0.15) is 18.1 Å². The number of carbonyl (C=O) groups excluding carboxylic acids is 1. The van der Waals surface area contributed by atoms with Crippen LogP contribution in [0.4, 0.5) is 5.69 Å². The normalized spacial score (nSPS) is 11.7. The predicted molar refractivity (Wildman–Crippen MR) is 116 cm³/mol. The Balaban J connectivity index is 1.55. The summed E-state index contributed by atoms with van der Waals surface area (Å²) in [6.45, 7) is 6.50. The quantitative estimate of drug-likeness (QED) is 0.530. The molecule has 0 aromatic heterocycles. The van der Waals surface area contributed by atoms with Crippen molar-refractivity contribution in [2.75, 3.05) is 5.32 Å². The summed E-state index contributed by atoms with van der Waals surface area (Å²) in [5.41, 5.74) is 3.00. The number of carbonyl (C=O) groups is 1. The number of hydrogen-bond acceptors (Lipinski definition) is 3. The number of benzene rings is 3. The highest BCUT2D eigenvalue weighted by Crippen LogP contribution is 2.21. The molecule has 0 saturated carbocycles. The van der Waals surface area contributed by atoms with E-state index in [1.165, 1.54) is 5.56 Å². The van der Waals surface area contributed by atoms with Crippen molar-refractivity contribution in [2.24, 2.45) is 0 Å². The van der Waals surface area contributed by atoms with Gasteiger partial charge in [-0.3, -0.25) is 4.79 Å². The second kappa shape index (κ2) is 9.78. The number of ether oxygens (including phenoxy) is 2. The second-order valence-electron chi connectivity index (χ2n) is 7.28. The molecule has 0 radical (unpaired) electrons. The van der Waals surface area contributed by atoms with Gasteiger partial charge in [-0.05, 0) is 48.2 Å². The Labute approximate surface area is 172 Å². The van der Waals surface area contributed by atoms with E-state index >= 15 is 0 Å². The van der Waals surface area contributed by atoms with E-state index in [9.17, 15) is 4.79 Å². The van der Waals surface area contributed by atoms with E-state index in [-0.39, 0.29) is 5.91 Å². The number of rotatable bonds is 8. The van der Waals surface area contributed by atoms with Crippen molar-refractivity contribution in [1.82, 2.24) is 0 Å². The van der Waals surface area contributed by atoms with E-state index in [4.69, 9.17) is 9.47 Å². The van der Waals surface area contributed by atoms with Gasteiger partial charge in [-0.2, -0.15) is 0 Å². The summed E-state index contributed by atoms with van der Waals surface area (Å²) in [5.74, 6) is 1.63. The molecule has 3 rings (SSSR count). The monoisotopic (exact) mass is 389 g/mol. The standard InChI is InChI=1S/C25H27NO3/c1-18(2)21-12-14-23(15-13-21)29-19(3)25(27)26-22-10-7-11-24(16-22)28-17-20-8-5-4-6-9-20/h4-16,18-19H,17H2,1-3H3,(H,26,27). The Morgan fingerprint density at radius 3 is 2.28 bits per heavy atom. The van der Waals surface area contributed by atoms with Crippen molar-refractivity contribution in [3.63, 3.8) is 0 Å². The molecule has 0 bridgehead atoms. The third kappa shape index (κ3) is 6.11. The maximum atomic E-state index is 12.5. The molecular formula is C25H27NO3. The van der Waals surface area contributed by atoms with Crippen LogP contribution < -0.4 is 14.8 Å². The van der Waals surface area contributed by atoms with E-state index in [0.717, 1.165) is 5.56 Å². The highest BCUT2D eigenvalue weighted by molar-refractivity contribution is 5.94. The van der Waals surface area contributed by atoms with Crippen LogP contribution >= 0.6 is 0 Å². The lowest BCUT2D eigenvalue weighted by molar-refractivity contribution is -0.122. The highest BCUT2D eigenvalue weighted by atomic mass is 16.5. The minimum atomic E-state index is -0.617. The van der Waals surface area contributed by atoms with Crippen molar-refractivity contribution >= 4 is 11.6 Å². The smallest absolute Gasteiger partial charge is 0.265 e. The van der Waals surface area contributed by atoms with Crippen LogP contribution in [0.15, 0.2) is 78.9 Å². The molecule has 1 N–H and O–H groups in total. The van der Waals surface area contributed by atoms with Gasteiger partial charge in [-0.1, -0.05) is 62.4 Å². The average Bonchev–Trinajstić information content (AvgIpc) is 2.73. The average molecular weight is 389 g/mol. The van der Waals surface area contributed by atoms with E-state index in [2.05, 4.69) is 19.2 Å². The first kappa shape index (κ1) is 20.5. The minimum absolute atomic E-state index is 0.210. The topological polar surface area (TPSA) is 47.6 Å². The Hall–Kier alpha value is -3.27. The van der Waals surface area contributed by atoms with Crippen LogP contribution in [-0.2, 0) is 11.4 Å². The molecule has 3 aromatic carbocycles. The fourth-order valence-electron chi connectivity index (χ4n) is 2.84. The Bertz CT molecular complexity index is 920. The molecule has 4 heteroatoms. The third-order valence-electron chi connectivity index (χ3n) is 4.58. The summed E-state index contributed by atoms with van der Waals surface area (Å²) in [6, 6.07) is 25.2. The molecule has 1 atom stereocenters. The number of amides is 1. The van der Waals surface area contributed by atoms with Gasteiger partial charge in [0.2, 0.25) is 0 Å². The zero-order valence-electron chi connectivity index (χ0n) is 17.1. The summed E-state index contributed by atoms with van der Waals surface area (Å²) < 4.78 is 11.6. The van der Waals surface area contributed by atoms with Gasteiger partial charge in [0, 0.05) is 11.8 Å². The molecule has 0 fully saturated rings. The molecule has 0 aliphatic carbocycles. The fourth-order valence-corrected chi connectivity index (χ4v) is 2.84. The van der Waals surface area contributed by atoms with Crippen molar-refractivity contribution < 1.29 is 14.3 Å². The molecule has 1 unspecified atom stereocenters. The Morgan fingerprint density at radius 1 is 0.862 bits per heavy atom. The minimum Gasteiger partial charge on any atom is -0.489 e. The van der Waals surface area contributed by atoms with Crippen molar-refractivity contribution in [3.8, 4) is 11.5 Å². The lowest BCUT2D eigenvalue weighted by Gasteiger charge is -2.16. The van der Waals surface area contributed by atoms with Gasteiger partial charge in [-0.15, -0.1) is 0 Å². The van der Waals surface area contributed by atoms with Crippen molar-refractivity contribution in [3.05, 3.63) is 90.0 Å². The molecule has 0 aliphatic rings. The fraction of sp³-hybridized carbons (Fsp3) is 0.240. The van der Waals surface area contributed by atoms with E-state index in [1.54, 1.807) is 6.92 Å². The molecule has 0 heterocycles. The number of anilines is 1. The van der Waals surface area contributed by atoms with Gasteiger partial charge in [0.25, 0.3) is 5.91 Å². The van der Waals surface area contributed by atoms with Crippen LogP contribution in [0.3, 0.4) is 0 Å². The second-order valence-corrected chi connectivity index (χ2v) is 7.28. The summed E-state index contributed by atoms with van der Waals surface area (Å²) in [6.07, 6.45) is -0.617. The third-order valence-corrected chi connectivity index (χ3v) is 4.58. The van der Waals surface area contributed by atoms with Crippen LogP contribution in [0.25, 0.3) is 0 Å². The van der Waals surface area contributed by atoms with Gasteiger partial charge < -0.3 is 14.8 Å². The molecular weight excluding hydrogens is 362 g/mol. The van der Waals surface area contributed by atoms with Crippen molar-refractivity contribution in [1.29, 1.82) is 0 Å². The van der Waals surface area contributed by atoms with Crippen LogP contribution in [0.2, 0.25) is 0 Å². The predicted octanol–water partition coefficient (Wildman–Crippen LogP) is 5.80. The van der Waals surface area contributed by atoms with E-state index in [0.29, 0.717) is 29.7 Å². The van der Waals surface area contributed by atoms with Crippen LogP contribution in [0.5, 0.6) is 11.5 Å². The first-order chi connectivity index (χ1) is 14.0. The zero-order valence-corrected chi connectivity index (χ0v) is 17.1. The molecule has 3 aromatic rings. The molecule has 0 spiro atoms. The van der Waals surface area contributed by atoms with Gasteiger partial charge >= 0.3 is 0 Å². The highest BCUT2D eigenvalue weighted by Gasteiger charge is 2.15. The summed E-state index contributed by atoms with van der Waals surface area (Å²) >= 11 is 0. The largest absolute Gasteiger partial charge is 0.489 e. The summed E-state index contributed by atoms with van der Waals surface area (Å²) in [5, 5.41) is 2.89. The summed E-state index contributed by atoms with van der Waals surface area (Å²) in [4.78, 5) is 12.5. The molecule has 1 amide bonds. The van der Waals surface area contributed by atoms with Crippen LogP contribution in [0.1, 0.15) is 37.8 Å². The van der Waals surface area contributed by atoms with Crippen LogP contribution in [-0.4, -0.2) is 12.0 Å². The lowest BCUT2D eigenvalue weighted by Crippen LogP contribution is -2.30. The maximum absolute atomic E-state index is 12.5. The van der Waals surface area contributed by atoms with Crippen molar-refractivity contribution in [2.45, 2.75) is 39.4 Å². The molecule has 0 aliphatic heterocycles. The maximum Gasteiger partial charge on any atom is 0.265 e. The number of hydrogen-bond donors (Lipinski definition) is 1. The molecule has 0 saturated heterocycles. The van der Waals surface area contributed by atoms with E-state index in [1.807, 2.05) is 78.9 Å². The molecule has 150 valence electrons. The zero-order chi connectivity index (χ0) is 20.6. The summed E-state index contributed by atoms with van der Waals surface area (Å²) in [7, 11) is 0. The Kier molecular flexibility index (Phi) is 6.90. The van der Waals surface area contributed by atoms with Crippen LogP contribution in [0, 0.1) is 0 Å². The van der Waals surface area contributed by atoms with Gasteiger partial charge in [0.15, 0.2) is 6.10 Å². The molecule has 29 heavy (non-hydrogen) atoms. The number of nitrogens with one attached hydrogen (secondary N) is 1. The van der Waals surface area contributed by atoms with Gasteiger partial charge in [-0.25, -0.2) is 0 Å². The van der Waals surface area contributed by atoms with Gasteiger partial charge in [0.05, 0.1) is 0 Å². The first-order valence-corrected chi connectivity index (χ1v) is 9.85. The van der Waals surface area contributed by atoms with E-state index < -0.39 is 6.10 Å². The SMILES string of the molecule is CC(Oc1ccc(C(C)C)cc1)C(=O)Nc1cccc(OCc2ccccc2)c1. The lowest BCUT2D eigenvalue weighted by atomic mass is 10.0. The first-order valence-electron chi connectivity index (χ1n) is 9.85. The molecule has 4 nitrogen and oxygen atoms in total.